The van der Waals surface area contributed by atoms with Gasteiger partial charge in [0.05, 0.1) is 5.41 Å². The topological polar surface area (TPSA) is 84.9 Å². The summed E-state index contributed by atoms with van der Waals surface area (Å²) >= 11 is 0. The zero-order valence-electron chi connectivity index (χ0n) is 10.6. The van der Waals surface area contributed by atoms with Crippen LogP contribution >= 0.6 is 0 Å². The van der Waals surface area contributed by atoms with Crippen LogP contribution in [-0.4, -0.2) is 29.7 Å². The monoisotopic (exact) mass is 246 g/mol. The SMILES string of the molecule is [CH2]CC(O)NC(=O)OC(C)OC(=O)C(C)(C)C. The third-order valence-corrected chi connectivity index (χ3v) is 1.72. The van der Waals surface area contributed by atoms with E-state index in [2.05, 4.69) is 12.2 Å². The molecular weight excluding hydrogens is 226 g/mol. The number of aliphatic hydroxyl groups is 1. The average molecular weight is 246 g/mol. The molecule has 99 valence electrons. The van der Waals surface area contributed by atoms with Gasteiger partial charge in [0.2, 0.25) is 6.29 Å². The van der Waals surface area contributed by atoms with E-state index in [0.29, 0.717) is 0 Å². The van der Waals surface area contributed by atoms with Gasteiger partial charge in [-0.05, 0) is 34.1 Å². The zero-order valence-corrected chi connectivity index (χ0v) is 10.6. The van der Waals surface area contributed by atoms with Crippen molar-refractivity contribution in [3.8, 4) is 0 Å². The lowest BCUT2D eigenvalue weighted by Crippen LogP contribution is -2.38. The van der Waals surface area contributed by atoms with Crippen LogP contribution in [0.15, 0.2) is 0 Å². The second-order valence-corrected chi connectivity index (χ2v) is 4.58. The molecule has 6 nitrogen and oxygen atoms in total. The van der Waals surface area contributed by atoms with Gasteiger partial charge in [0.25, 0.3) is 0 Å². The van der Waals surface area contributed by atoms with Gasteiger partial charge in [-0.2, -0.15) is 0 Å². The molecule has 0 bridgehead atoms. The first kappa shape index (κ1) is 15.7. The number of aliphatic hydroxyl groups excluding tert-OH is 1. The average Bonchev–Trinajstić information content (AvgIpc) is 2.15. The van der Waals surface area contributed by atoms with E-state index in [1.807, 2.05) is 0 Å². The van der Waals surface area contributed by atoms with Crippen molar-refractivity contribution in [2.45, 2.75) is 46.6 Å². The van der Waals surface area contributed by atoms with E-state index in [9.17, 15) is 9.59 Å². The van der Waals surface area contributed by atoms with Gasteiger partial charge in [0.1, 0.15) is 6.23 Å². The van der Waals surface area contributed by atoms with Crippen molar-refractivity contribution in [2.75, 3.05) is 0 Å². The highest BCUT2D eigenvalue weighted by Gasteiger charge is 2.26. The van der Waals surface area contributed by atoms with Crippen LogP contribution in [0.25, 0.3) is 0 Å². The Kier molecular flexibility index (Phi) is 5.95. The van der Waals surface area contributed by atoms with Gasteiger partial charge < -0.3 is 14.6 Å². The molecule has 6 heteroatoms. The molecule has 0 saturated carbocycles. The van der Waals surface area contributed by atoms with E-state index in [1.165, 1.54) is 6.92 Å². The van der Waals surface area contributed by atoms with E-state index in [1.54, 1.807) is 20.8 Å². The van der Waals surface area contributed by atoms with Crippen LogP contribution in [0.1, 0.15) is 34.1 Å². The summed E-state index contributed by atoms with van der Waals surface area (Å²) in [4.78, 5) is 22.6. The van der Waals surface area contributed by atoms with Crippen molar-refractivity contribution in [1.82, 2.24) is 5.32 Å². The minimum atomic E-state index is -1.08. The van der Waals surface area contributed by atoms with E-state index in [-0.39, 0.29) is 6.42 Å². The largest absolute Gasteiger partial charge is 0.425 e. The Labute approximate surface area is 101 Å². The summed E-state index contributed by atoms with van der Waals surface area (Å²) in [5.41, 5.74) is -0.666. The van der Waals surface area contributed by atoms with Crippen molar-refractivity contribution >= 4 is 12.1 Å². The molecule has 0 aromatic carbocycles. The first-order valence-corrected chi connectivity index (χ1v) is 5.32. The van der Waals surface area contributed by atoms with Crippen molar-refractivity contribution in [3.05, 3.63) is 6.92 Å². The predicted octanol–water partition coefficient (Wildman–Crippen LogP) is 1.19. The fraction of sp³-hybridized carbons (Fsp3) is 0.727. The second kappa shape index (κ2) is 6.44. The van der Waals surface area contributed by atoms with Gasteiger partial charge in [0.15, 0.2) is 0 Å². The van der Waals surface area contributed by atoms with E-state index in [4.69, 9.17) is 14.6 Å². The second-order valence-electron chi connectivity index (χ2n) is 4.58. The lowest BCUT2D eigenvalue weighted by atomic mass is 9.97. The van der Waals surface area contributed by atoms with Crippen LogP contribution in [0.3, 0.4) is 0 Å². The summed E-state index contributed by atoms with van der Waals surface area (Å²) in [5.74, 6) is -0.476. The molecule has 2 unspecified atom stereocenters. The molecule has 0 spiro atoms. The minimum Gasteiger partial charge on any atom is -0.425 e. The molecule has 17 heavy (non-hydrogen) atoms. The molecule has 0 aliphatic heterocycles. The standard InChI is InChI=1S/C11H20NO5/c1-6-8(13)12-10(15)17-7(2)16-9(14)11(3,4)5/h7-8,13H,1,6H2,2-5H3,(H,12,15). The van der Waals surface area contributed by atoms with Crippen molar-refractivity contribution in [2.24, 2.45) is 5.41 Å². The summed E-state index contributed by atoms with van der Waals surface area (Å²) in [6.07, 6.45) is -2.84. The number of nitrogens with one attached hydrogen (secondary N) is 1. The molecule has 1 amide bonds. The molecule has 0 aliphatic carbocycles. The predicted molar refractivity (Wildman–Crippen MR) is 60.6 cm³/mol. The molecule has 0 saturated heterocycles. The van der Waals surface area contributed by atoms with Crippen LogP contribution in [0.5, 0.6) is 0 Å². The first-order chi connectivity index (χ1) is 7.66. The number of carbonyl (C=O) groups excluding carboxylic acids is 2. The smallest absolute Gasteiger partial charge is 0.412 e. The van der Waals surface area contributed by atoms with Gasteiger partial charge >= 0.3 is 12.1 Å². The van der Waals surface area contributed by atoms with Gasteiger partial charge in [-0.15, -0.1) is 0 Å². The fourth-order valence-corrected chi connectivity index (χ4v) is 0.745. The Morgan fingerprint density at radius 1 is 1.35 bits per heavy atom. The summed E-state index contributed by atoms with van der Waals surface area (Å²) < 4.78 is 9.59. The Balaban J connectivity index is 4.06. The summed E-state index contributed by atoms with van der Waals surface area (Å²) in [6, 6.07) is 0. The Bertz CT molecular complexity index is 272. The molecule has 2 N–H and O–H groups in total. The number of carbonyl (C=O) groups is 2. The summed E-state index contributed by atoms with van der Waals surface area (Å²) in [5, 5.41) is 11.2. The van der Waals surface area contributed by atoms with Crippen LogP contribution in [0, 0.1) is 12.3 Å². The van der Waals surface area contributed by atoms with Crippen LogP contribution < -0.4 is 5.32 Å². The fourth-order valence-electron chi connectivity index (χ4n) is 0.745. The maximum Gasteiger partial charge on any atom is 0.412 e. The lowest BCUT2D eigenvalue weighted by molar-refractivity contribution is -0.174. The lowest BCUT2D eigenvalue weighted by Gasteiger charge is -2.21. The molecule has 0 rings (SSSR count). The van der Waals surface area contributed by atoms with Crippen molar-refractivity contribution in [3.63, 3.8) is 0 Å². The van der Waals surface area contributed by atoms with Gasteiger partial charge in [0, 0.05) is 6.92 Å². The number of rotatable bonds is 4. The van der Waals surface area contributed by atoms with Crippen LogP contribution in [0.4, 0.5) is 4.79 Å². The quantitative estimate of drug-likeness (QED) is 0.575. The van der Waals surface area contributed by atoms with Crippen molar-refractivity contribution in [1.29, 1.82) is 0 Å². The Morgan fingerprint density at radius 2 is 1.88 bits per heavy atom. The van der Waals surface area contributed by atoms with Crippen molar-refractivity contribution < 1.29 is 24.2 Å². The maximum absolute atomic E-state index is 11.4. The third kappa shape index (κ3) is 6.78. The number of amides is 1. The Hall–Kier alpha value is -1.30. The van der Waals surface area contributed by atoms with E-state index in [0.717, 1.165) is 0 Å². The highest BCUT2D eigenvalue weighted by atomic mass is 16.7. The number of esters is 1. The molecule has 0 fully saturated rings. The molecule has 1 radical (unpaired) electrons. The van der Waals surface area contributed by atoms with Crippen LogP contribution in [-0.2, 0) is 14.3 Å². The molecule has 2 atom stereocenters. The highest BCUT2D eigenvalue weighted by Crippen LogP contribution is 2.16. The van der Waals surface area contributed by atoms with Gasteiger partial charge in [-0.3, -0.25) is 10.1 Å². The molecule has 0 aromatic heterocycles. The number of hydrogen-bond donors (Lipinski definition) is 2. The van der Waals surface area contributed by atoms with Crippen LogP contribution in [0.2, 0.25) is 0 Å². The normalized spacial score (nSPS) is 14.7. The number of ether oxygens (including phenoxy) is 2. The maximum atomic E-state index is 11.4. The molecule has 0 aliphatic rings. The number of hydrogen-bond acceptors (Lipinski definition) is 5. The molecule has 0 aromatic rings. The zero-order chi connectivity index (χ0) is 13.6. The van der Waals surface area contributed by atoms with Gasteiger partial charge in [-0.1, -0.05) is 0 Å². The van der Waals surface area contributed by atoms with E-state index < -0.39 is 30.0 Å². The molecular formula is C11H20NO5. The Morgan fingerprint density at radius 3 is 2.29 bits per heavy atom. The summed E-state index contributed by atoms with van der Waals surface area (Å²) in [7, 11) is 0. The third-order valence-electron chi connectivity index (χ3n) is 1.72. The highest BCUT2D eigenvalue weighted by molar-refractivity contribution is 5.75. The van der Waals surface area contributed by atoms with E-state index >= 15 is 0 Å². The minimum absolute atomic E-state index is 0.116. The first-order valence-electron chi connectivity index (χ1n) is 5.32. The van der Waals surface area contributed by atoms with Gasteiger partial charge in [-0.25, -0.2) is 4.79 Å². The molecule has 0 heterocycles. The summed E-state index contributed by atoms with van der Waals surface area (Å²) in [6.45, 7) is 9.88. The number of alkyl carbamates (subject to hydrolysis) is 1.